The van der Waals surface area contributed by atoms with Gasteiger partial charge in [0.2, 0.25) is 0 Å². The molecule has 0 amide bonds. The fourth-order valence-corrected chi connectivity index (χ4v) is 4.84. The van der Waals surface area contributed by atoms with Crippen molar-refractivity contribution in [2.24, 2.45) is 0 Å². The summed E-state index contributed by atoms with van der Waals surface area (Å²) in [5.41, 5.74) is 8.77. The Bertz CT molecular complexity index is 1580. The summed E-state index contributed by atoms with van der Waals surface area (Å²) < 4.78 is 1.52. The van der Waals surface area contributed by atoms with Gasteiger partial charge in [0.1, 0.15) is 16.9 Å². The van der Waals surface area contributed by atoms with Gasteiger partial charge in [-0.2, -0.15) is 10.2 Å². The number of nitrogens with zero attached hydrogens (tertiary/aromatic N) is 4. The van der Waals surface area contributed by atoms with E-state index >= 15 is 0 Å². The van der Waals surface area contributed by atoms with Crippen LogP contribution in [0.5, 0.6) is 0 Å². The maximum Gasteiger partial charge on any atom is 0.262 e. The molecule has 0 atom stereocenters. The Labute approximate surface area is 202 Å². The van der Waals surface area contributed by atoms with Crippen molar-refractivity contribution in [1.82, 2.24) is 29.9 Å². The zero-order valence-corrected chi connectivity index (χ0v) is 19.8. The first kappa shape index (κ1) is 21.8. The van der Waals surface area contributed by atoms with Gasteiger partial charge in [0.25, 0.3) is 5.56 Å². The zero-order valence-electron chi connectivity index (χ0n) is 17.6. The van der Waals surface area contributed by atoms with Crippen molar-refractivity contribution in [2.75, 3.05) is 5.73 Å². The molecule has 3 heterocycles. The van der Waals surface area contributed by atoms with Gasteiger partial charge in [-0.25, -0.2) is 9.67 Å². The van der Waals surface area contributed by atoms with Gasteiger partial charge in [0.15, 0.2) is 11.5 Å². The van der Waals surface area contributed by atoms with E-state index in [2.05, 4.69) is 20.3 Å². The number of aromatic nitrogens is 6. The predicted octanol–water partition coefficient (Wildman–Crippen LogP) is 5.24. The monoisotopic (exact) mass is 501 g/mol. The molecule has 5 rings (SSSR count). The second-order valence-corrected chi connectivity index (χ2v) is 9.30. The summed E-state index contributed by atoms with van der Waals surface area (Å²) in [4.78, 5) is 20.8. The molecular formula is C22H18Cl3N7O. The normalized spacial score (nSPS) is 11.8. The van der Waals surface area contributed by atoms with Gasteiger partial charge in [-0.05, 0) is 35.7 Å². The molecule has 0 aliphatic carbocycles. The predicted molar refractivity (Wildman–Crippen MR) is 132 cm³/mol. The van der Waals surface area contributed by atoms with E-state index in [0.717, 1.165) is 16.5 Å². The Morgan fingerprint density at radius 1 is 1.12 bits per heavy atom. The lowest BCUT2D eigenvalue weighted by atomic mass is 10.1. The van der Waals surface area contributed by atoms with Crippen molar-refractivity contribution in [2.45, 2.75) is 26.2 Å². The minimum atomic E-state index is -0.282. The van der Waals surface area contributed by atoms with Crippen LogP contribution in [0.3, 0.4) is 0 Å². The fourth-order valence-electron chi connectivity index (χ4n) is 3.86. The Morgan fingerprint density at radius 2 is 1.85 bits per heavy atom. The largest absolute Gasteiger partial charge is 0.382 e. The number of hydrogen-bond acceptors (Lipinski definition) is 5. The van der Waals surface area contributed by atoms with Gasteiger partial charge in [0, 0.05) is 16.8 Å². The van der Waals surface area contributed by atoms with Gasteiger partial charge in [-0.3, -0.25) is 9.89 Å². The van der Waals surface area contributed by atoms with E-state index < -0.39 is 0 Å². The smallest absolute Gasteiger partial charge is 0.262 e. The third kappa shape index (κ3) is 3.74. The first-order valence-corrected chi connectivity index (χ1v) is 11.3. The van der Waals surface area contributed by atoms with E-state index in [1.54, 1.807) is 12.1 Å². The van der Waals surface area contributed by atoms with Crippen LogP contribution >= 0.6 is 34.8 Å². The number of nitrogens with two attached hydrogens (primary N) is 1. The molecule has 0 aliphatic heterocycles. The van der Waals surface area contributed by atoms with Crippen LogP contribution in [0.1, 0.15) is 36.8 Å². The molecule has 0 fully saturated rings. The minimum Gasteiger partial charge on any atom is -0.382 e. The third-order valence-corrected chi connectivity index (χ3v) is 6.18. The molecule has 0 radical (unpaired) electrons. The van der Waals surface area contributed by atoms with Crippen LogP contribution in [0, 0.1) is 0 Å². The van der Waals surface area contributed by atoms with Crippen LogP contribution < -0.4 is 11.3 Å². The number of halogens is 3. The molecule has 8 nitrogen and oxygen atoms in total. The van der Waals surface area contributed by atoms with Gasteiger partial charge in [-0.15, -0.1) is 0 Å². The third-order valence-electron chi connectivity index (χ3n) is 5.38. The topological polar surface area (TPSA) is 118 Å². The number of rotatable bonds is 4. The van der Waals surface area contributed by atoms with Gasteiger partial charge in [-0.1, -0.05) is 54.7 Å². The summed E-state index contributed by atoms with van der Waals surface area (Å²) >= 11 is 19.0. The lowest BCUT2D eigenvalue weighted by Gasteiger charge is -2.09. The van der Waals surface area contributed by atoms with Gasteiger partial charge < -0.3 is 10.7 Å². The molecule has 0 bridgehead atoms. The number of fused-ring (bicyclic) bond motifs is 2. The summed E-state index contributed by atoms with van der Waals surface area (Å²) in [6.07, 6.45) is 0.371. The van der Waals surface area contributed by atoms with Gasteiger partial charge >= 0.3 is 0 Å². The Hall–Kier alpha value is -3.07. The van der Waals surface area contributed by atoms with E-state index in [9.17, 15) is 4.79 Å². The molecule has 2 aromatic carbocycles. The highest BCUT2D eigenvalue weighted by atomic mass is 35.5. The maximum absolute atomic E-state index is 13.1. The van der Waals surface area contributed by atoms with Crippen molar-refractivity contribution in [3.05, 3.63) is 72.8 Å². The van der Waals surface area contributed by atoms with Gasteiger partial charge in [0.05, 0.1) is 21.3 Å². The number of hydrogen-bond donors (Lipinski definition) is 3. The fraction of sp³-hybridized carbons (Fsp3) is 0.182. The summed E-state index contributed by atoms with van der Waals surface area (Å²) in [7, 11) is 0. The van der Waals surface area contributed by atoms with Crippen LogP contribution in [-0.4, -0.2) is 29.9 Å². The molecule has 0 saturated heterocycles. The minimum absolute atomic E-state index is 0.0289. The second-order valence-electron chi connectivity index (χ2n) is 8.05. The number of nitrogens with one attached hydrogen (secondary N) is 2. The quantitative estimate of drug-likeness (QED) is 0.310. The van der Waals surface area contributed by atoms with E-state index in [1.165, 1.54) is 4.68 Å². The molecule has 11 heteroatoms. The van der Waals surface area contributed by atoms with Crippen molar-refractivity contribution < 1.29 is 0 Å². The molecule has 4 N–H and O–H groups in total. The molecule has 0 spiro atoms. The summed E-state index contributed by atoms with van der Waals surface area (Å²) in [6.45, 7) is 3.91. The standard InChI is InChI=1S/C22H18Cl3N7O/c1-9(2)18-17-21(32(31-18)19-13(24)7-11(23)8-14(19)25)27-16(28-22(17)33)6-10-3-4-15-12(5-10)20(26)30-29-15/h3-5,7-9H,6H2,1-2H3,(H3,26,29,30)(H,27,28,33). The summed E-state index contributed by atoms with van der Waals surface area (Å²) in [5, 5.41) is 13.8. The highest BCUT2D eigenvalue weighted by Gasteiger charge is 2.23. The second kappa shape index (κ2) is 8.06. The van der Waals surface area contributed by atoms with Crippen molar-refractivity contribution >= 4 is 62.6 Å². The number of anilines is 1. The maximum atomic E-state index is 13.1. The van der Waals surface area contributed by atoms with E-state index in [0.29, 0.717) is 55.5 Å². The highest BCUT2D eigenvalue weighted by molar-refractivity contribution is 6.40. The number of nitrogen functional groups attached to an aromatic ring is 1. The highest BCUT2D eigenvalue weighted by Crippen LogP contribution is 2.34. The molecule has 5 aromatic rings. The molecule has 0 saturated carbocycles. The molecule has 3 aromatic heterocycles. The van der Waals surface area contributed by atoms with E-state index in [-0.39, 0.29) is 11.5 Å². The summed E-state index contributed by atoms with van der Waals surface area (Å²) in [5.74, 6) is 0.848. The van der Waals surface area contributed by atoms with Crippen molar-refractivity contribution in [3.63, 3.8) is 0 Å². The Kier molecular flexibility index (Phi) is 5.31. The van der Waals surface area contributed by atoms with E-state index in [4.69, 9.17) is 45.5 Å². The van der Waals surface area contributed by atoms with Crippen LogP contribution in [0.4, 0.5) is 5.82 Å². The first-order valence-electron chi connectivity index (χ1n) is 10.1. The van der Waals surface area contributed by atoms with Crippen molar-refractivity contribution in [1.29, 1.82) is 0 Å². The van der Waals surface area contributed by atoms with Crippen LogP contribution in [0.15, 0.2) is 35.1 Å². The SMILES string of the molecule is CC(C)c1nn(-c2c(Cl)cc(Cl)cc2Cl)c2nc(Cc3ccc4[nH]nc(N)c4c3)[nH]c(=O)c12. The first-order chi connectivity index (χ1) is 15.7. The molecule has 0 aliphatic rings. The molecule has 33 heavy (non-hydrogen) atoms. The average Bonchev–Trinajstić information content (AvgIpc) is 3.29. The number of H-pyrrole nitrogens is 2. The lowest BCUT2D eigenvalue weighted by Crippen LogP contribution is -2.14. The van der Waals surface area contributed by atoms with E-state index in [1.807, 2.05) is 32.0 Å². The van der Waals surface area contributed by atoms with Crippen molar-refractivity contribution in [3.8, 4) is 5.69 Å². The van der Waals surface area contributed by atoms with Crippen LogP contribution in [0.2, 0.25) is 15.1 Å². The molecule has 0 unspecified atom stereocenters. The zero-order chi connectivity index (χ0) is 23.4. The van der Waals surface area contributed by atoms with Crippen LogP contribution in [0.25, 0.3) is 27.6 Å². The number of benzene rings is 2. The lowest BCUT2D eigenvalue weighted by molar-refractivity contribution is 0.776. The molecule has 168 valence electrons. The number of aromatic amines is 2. The van der Waals surface area contributed by atoms with Crippen LogP contribution in [-0.2, 0) is 6.42 Å². The summed E-state index contributed by atoms with van der Waals surface area (Å²) in [6, 6.07) is 8.88. The Balaban J connectivity index is 1.70. The molecular weight excluding hydrogens is 485 g/mol. The Morgan fingerprint density at radius 3 is 2.55 bits per heavy atom. The average molecular weight is 503 g/mol.